The summed E-state index contributed by atoms with van der Waals surface area (Å²) in [5.41, 5.74) is 10.1. The third-order valence-corrected chi connectivity index (χ3v) is 17.7. The van der Waals surface area contributed by atoms with E-state index in [-0.39, 0.29) is 29.5 Å². The zero-order valence-corrected chi connectivity index (χ0v) is 54.5. The number of carboxylic acids is 1. The fraction of sp³-hybridized carbons (Fsp3) is 0.311. The first-order chi connectivity index (χ1) is 46.8. The Morgan fingerprint density at radius 3 is 1.09 bits per heavy atom. The number of likely N-dealkylation sites (tertiary alicyclic amines) is 2. The van der Waals surface area contributed by atoms with Crippen molar-refractivity contribution in [3.8, 4) is 0 Å². The average Bonchev–Trinajstić information content (AvgIpc) is 1.96. The summed E-state index contributed by atoms with van der Waals surface area (Å²) in [4.78, 5) is 105. The number of rotatable bonds is 18. The van der Waals surface area contributed by atoms with Crippen LogP contribution in [0.2, 0.25) is 0 Å². The minimum atomic E-state index is -1.06. The third kappa shape index (κ3) is 16.0. The molecule has 5 aromatic carbocycles. The smallest absolute Gasteiger partial charge is 0.341 e. The molecule has 0 radical (unpaired) electrons. The molecule has 494 valence electrons. The summed E-state index contributed by atoms with van der Waals surface area (Å²) < 4.78 is 10.0. The quantitative estimate of drug-likeness (QED) is 0.0582. The van der Waals surface area contributed by atoms with Gasteiger partial charge in [-0.1, -0.05) is 91.0 Å². The highest BCUT2D eigenvalue weighted by Crippen LogP contribution is 2.34. The number of ether oxygens (including phenoxy) is 2. The van der Waals surface area contributed by atoms with Gasteiger partial charge in [-0.15, -0.1) is 0 Å². The number of fused-ring (bicyclic) bond motifs is 2. The van der Waals surface area contributed by atoms with Gasteiger partial charge in [0.25, 0.3) is 0 Å². The van der Waals surface area contributed by atoms with Crippen molar-refractivity contribution in [2.75, 3.05) is 67.2 Å². The highest BCUT2D eigenvalue weighted by Gasteiger charge is 2.33. The highest BCUT2D eigenvalue weighted by molar-refractivity contribution is 5.92. The molecule has 0 atom stereocenters. The topological polar surface area (TPSA) is 261 Å². The van der Waals surface area contributed by atoms with Crippen LogP contribution in [0.25, 0.3) is 21.8 Å². The lowest BCUT2D eigenvalue weighted by atomic mass is 10.0. The summed E-state index contributed by atoms with van der Waals surface area (Å²) in [7, 11) is 0. The molecule has 22 heteroatoms. The van der Waals surface area contributed by atoms with Crippen molar-refractivity contribution in [2.45, 2.75) is 97.2 Å². The molecule has 3 aliphatic heterocycles. The van der Waals surface area contributed by atoms with E-state index in [0.717, 1.165) is 113 Å². The van der Waals surface area contributed by atoms with Crippen LogP contribution in [0.15, 0.2) is 177 Å². The van der Waals surface area contributed by atoms with E-state index in [4.69, 9.17) is 9.47 Å². The summed E-state index contributed by atoms with van der Waals surface area (Å²) in [6, 6.07) is 46.7. The number of amides is 2. The number of hydrogen-bond donors (Lipinski definition) is 4. The van der Waals surface area contributed by atoms with E-state index in [1.54, 1.807) is 13.8 Å². The first-order valence-electron chi connectivity index (χ1n) is 32.8. The van der Waals surface area contributed by atoms with Gasteiger partial charge in [-0.2, -0.15) is 0 Å². The van der Waals surface area contributed by atoms with Crippen molar-refractivity contribution < 1.29 is 38.6 Å². The number of carbonyl (C=O) groups excluding carboxylic acids is 4. The molecule has 2 amide bonds. The molecule has 3 fully saturated rings. The Hall–Kier alpha value is -10.9. The van der Waals surface area contributed by atoms with E-state index in [1.807, 2.05) is 139 Å². The van der Waals surface area contributed by atoms with E-state index in [1.165, 1.54) is 37.2 Å². The van der Waals surface area contributed by atoms with Crippen molar-refractivity contribution in [1.29, 1.82) is 0 Å². The molecule has 13 rings (SSSR count). The van der Waals surface area contributed by atoms with E-state index < -0.39 is 17.9 Å². The van der Waals surface area contributed by atoms with E-state index >= 15 is 0 Å². The first-order valence-corrected chi connectivity index (χ1v) is 32.8. The minimum absolute atomic E-state index is 0.0507. The number of carboxylic acid groups (broad SMARTS) is 1. The van der Waals surface area contributed by atoms with Gasteiger partial charge in [-0.25, -0.2) is 44.3 Å². The molecule has 96 heavy (non-hydrogen) atoms. The normalized spacial score (nSPS) is 14.4. The molecule has 4 N–H and O–H groups in total. The van der Waals surface area contributed by atoms with Crippen LogP contribution in [0.5, 0.6) is 0 Å². The van der Waals surface area contributed by atoms with Gasteiger partial charge in [0.15, 0.2) is 0 Å². The maximum absolute atomic E-state index is 13.3. The zero-order valence-electron chi connectivity index (χ0n) is 54.5. The number of aromatic carboxylic acids is 1. The maximum atomic E-state index is 13.3. The predicted molar refractivity (Wildman–Crippen MR) is 369 cm³/mol. The number of hydrogen-bond acceptors (Lipinski definition) is 17. The van der Waals surface area contributed by atoms with Gasteiger partial charge in [0.1, 0.15) is 0 Å². The Kier molecular flexibility index (Phi) is 22.1. The van der Waals surface area contributed by atoms with Crippen LogP contribution in [-0.2, 0) is 31.9 Å². The van der Waals surface area contributed by atoms with Crippen LogP contribution in [-0.4, -0.2) is 155 Å². The van der Waals surface area contributed by atoms with Gasteiger partial charge in [0, 0.05) is 132 Å². The van der Waals surface area contributed by atoms with Crippen LogP contribution in [0, 0.1) is 13.8 Å². The van der Waals surface area contributed by atoms with Crippen LogP contribution in [0.1, 0.15) is 106 Å². The maximum Gasteiger partial charge on any atom is 0.341 e. The Labute approximate surface area is 557 Å². The lowest BCUT2D eigenvalue weighted by molar-refractivity contribution is -0.132. The summed E-state index contributed by atoms with van der Waals surface area (Å²) in [6.07, 6.45) is 14.7. The third-order valence-electron chi connectivity index (χ3n) is 17.7. The van der Waals surface area contributed by atoms with Crippen LogP contribution < -0.4 is 20.0 Å². The van der Waals surface area contributed by atoms with Crippen molar-refractivity contribution in [3.05, 3.63) is 216 Å². The number of anilines is 6. The molecule has 0 spiro atoms. The molecule has 3 aliphatic rings. The summed E-state index contributed by atoms with van der Waals surface area (Å²) in [5.74, 6) is -0.00738. The van der Waals surface area contributed by atoms with Crippen LogP contribution in [0.4, 0.5) is 34.9 Å². The molecule has 0 unspecified atom stereocenters. The number of benzene rings is 5. The van der Waals surface area contributed by atoms with Gasteiger partial charge in [-0.3, -0.25) is 9.59 Å². The van der Waals surface area contributed by atoms with Crippen molar-refractivity contribution >= 4 is 86.4 Å². The number of H-pyrrole nitrogens is 2. The number of piperidine rings is 3. The van der Waals surface area contributed by atoms with E-state index in [9.17, 15) is 29.1 Å². The number of nitrogens with zero attached hydrogens (tertiary/aromatic N) is 11. The molecule has 8 heterocycles. The van der Waals surface area contributed by atoms with E-state index in [0.29, 0.717) is 87.2 Å². The first kappa shape index (κ1) is 66.6. The Morgan fingerprint density at radius 2 is 0.760 bits per heavy atom. The number of para-hydroxylation sites is 5. The number of aryl methyl sites for hydroxylation is 2. The molecule has 10 aromatic rings. The molecule has 0 bridgehead atoms. The van der Waals surface area contributed by atoms with Gasteiger partial charge in [-0.05, 0) is 139 Å². The second-order valence-corrected chi connectivity index (χ2v) is 23.8. The number of esters is 2. The molecule has 22 nitrogen and oxygen atoms in total. The van der Waals surface area contributed by atoms with Gasteiger partial charge in [0.2, 0.25) is 29.7 Å². The lowest BCUT2D eigenvalue weighted by Crippen LogP contribution is -2.46. The summed E-state index contributed by atoms with van der Waals surface area (Å²) >= 11 is 0. The second kappa shape index (κ2) is 31.8. The lowest BCUT2D eigenvalue weighted by Gasteiger charge is -2.38. The average molecular weight is 1290 g/mol. The van der Waals surface area contributed by atoms with Crippen molar-refractivity contribution in [2.24, 2.45) is 0 Å². The van der Waals surface area contributed by atoms with Crippen LogP contribution in [0.3, 0.4) is 0 Å². The number of aromatic amines is 2. The Bertz CT molecular complexity index is 4210. The summed E-state index contributed by atoms with van der Waals surface area (Å²) in [5, 5.41) is 14.8. The standard InChI is InChI=1S/C29H31N5O3.C27H27N5O3.C18H22N4O2/c1-3-37-28(36)21-18-30-29(31-19-21)34(22-9-5-4-6-10-22)23-13-15-33(16-14-23)27(35)17-25-20(2)32-26-12-8-7-11-24(25)26;1-18-23(22-9-5-6-10-24(22)30-18)15-25(33)31-13-11-21(12-14-31)32(20-7-3-2-4-8-20)27-28-16-19(17-29-27)26(34)35;1-2-24-17(23)14-12-20-18(21-13-14)22(15-6-4-3-5-7-15)16-8-10-19-11-9-16/h4-12,18-19,23,32H,3,13-17H2,1-2H3;2-10,16-17,21,30H,11-15H2,1H3,(H,34,35);3-7,12-13,16,19H,2,8-11H2,1H3. The largest absolute Gasteiger partial charge is 0.478 e. The molecule has 3 saturated heterocycles. The van der Waals surface area contributed by atoms with Crippen LogP contribution >= 0.6 is 0 Å². The predicted octanol–water partition coefficient (Wildman–Crippen LogP) is 11.7. The summed E-state index contributed by atoms with van der Waals surface area (Å²) in [6.45, 7) is 12.8. The molecule has 5 aromatic heterocycles. The van der Waals surface area contributed by atoms with Crippen molar-refractivity contribution in [1.82, 2.24) is 55.0 Å². The van der Waals surface area contributed by atoms with Gasteiger partial charge < -0.3 is 54.4 Å². The second-order valence-electron chi connectivity index (χ2n) is 23.8. The Morgan fingerprint density at radius 1 is 0.448 bits per heavy atom. The van der Waals surface area contributed by atoms with Gasteiger partial charge in [0.05, 0.1) is 42.7 Å². The Balaban J connectivity index is 0.000000150. The molecule has 0 saturated carbocycles. The fourth-order valence-corrected chi connectivity index (χ4v) is 12.8. The van der Waals surface area contributed by atoms with E-state index in [2.05, 4.69) is 84.2 Å². The number of carbonyl (C=O) groups is 5. The van der Waals surface area contributed by atoms with Crippen molar-refractivity contribution in [3.63, 3.8) is 0 Å². The highest BCUT2D eigenvalue weighted by atomic mass is 16.5. The molecular formula is C74H80N14O8. The monoisotopic (exact) mass is 1290 g/mol. The minimum Gasteiger partial charge on any atom is -0.478 e. The zero-order chi connectivity index (χ0) is 66.9. The SMILES string of the molecule is CCOC(=O)c1cnc(N(c2ccccc2)C2CCN(C(=O)Cc3c(C)[nH]c4ccccc34)CC2)nc1.CCOC(=O)c1cnc(N(c2ccccc2)C2CCNCC2)nc1.Cc1[nH]c2ccccc2c1CC(=O)N1CCC(N(c2ccccc2)c2ncc(C(=O)O)cn2)CC1. The molecular weight excluding hydrogens is 1210 g/mol. The number of nitrogens with one attached hydrogen (secondary N) is 3. The van der Waals surface area contributed by atoms with Gasteiger partial charge >= 0.3 is 17.9 Å². The fourth-order valence-electron chi connectivity index (χ4n) is 12.8. The number of aromatic nitrogens is 8. The molecule has 0 aliphatic carbocycles.